The molecule has 1 amide bonds. The molecule has 1 heterocycles. The molecule has 0 aliphatic heterocycles. The van der Waals surface area contributed by atoms with E-state index in [0.29, 0.717) is 0 Å². The van der Waals surface area contributed by atoms with Crippen LogP contribution in [0.15, 0.2) is 60.0 Å². The zero-order valence-corrected chi connectivity index (χ0v) is 14.8. The zero-order valence-electron chi connectivity index (χ0n) is 14.0. The Morgan fingerprint density at radius 2 is 1.92 bits per heavy atom. The van der Waals surface area contributed by atoms with Gasteiger partial charge in [0.15, 0.2) is 11.6 Å². The van der Waals surface area contributed by atoms with Crippen molar-refractivity contribution in [3.05, 3.63) is 87.4 Å². The molecule has 0 saturated heterocycles. The maximum atomic E-state index is 13.9. The summed E-state index contributed by atoms with van der Waals surface area (Å²) in [6, 6.07) is 15.8. The topological polar surface area (TPSA) is 38.3 Å². The van der Waals surface area contributed by atoms with Crippen molar-refractivity contribution in [1.82, 2.24) is 5.32 Å². The molecule has 3 rings (SSSR count). The van der Waals surface area contributed by atoms with E-state index in [2.05, 4.69) is 5.32 Å². The molecule has 1 atom stereocenters. The summed E-state index contributed by atoms with van der Waals surface area (Å²) in [5.74, 6) is -0.774. The Bertz CT molecular complexity index is 860. The van der Waals surface area contributed by atoms with E-state index in [-0.39, 0.29) is 23.3 Å². The zero-order chi connectivity index (χ0) is 17.8. The molecule has 25 heavy (non-hydrogen) atoms. The quantitative estimate of drug-likeness (QED) is 0.719. The standard InChI is InChI=1S/C20H18FNO2S/c1-13-5-7-14(8-6-13)19(18-4-3-11-25-18)22-20(23)15-9-10-17(24-2)16(21)12-15/h3-12,19H,1-2H3,(H,22,23). The lowest BCUT2D eigenvalue weighted by atomic mass is 10.0. The van der Waals surface area contributed by atoms with Crippen molar-refractivity contribution in [3.8, 4) is 5.75 Å². The molecule has 0 aliphatic carbocycles. The number of halogens is 1. The first-order valence-corrected chi connectivity index (χ1v) is 8.71. The van der Waals surface area contributed by atoms with Gasteiger partial charge in [-0.05, 0) is 42.1 Å². The predicted molar refractivity (Wildman–Crippen MR) is 97.8 cm³/mol. The minimum absolute atomic E-state index is 0.116. The highest BCUT2D eigenvalue weighted by molar-refractivity contribution is 7.10. The Morgan fingerprint density at radius 1 is 1.16 bits per heavy atom. The van der Waals surface area contributed by atoms with Gasteiger partial charge in [0.25, 0.3) is 5.91 Å². The van der Waals surface area contributed by atoms with Crippen LogP contribution in [0.5, 0.6) is 5.75 Å². The van der Waals surface area contributed by atoms with Gasteiger partial charge in [0.05, 0.1) is 13.2 Å². The fourth-order valence-corrected chi connectivity index (χ4v) is 3.36. The van der Waals surface area contributed by atoms with E-state index in [9.17, 15) is 9.18 Å². The molecular formula is C20H18FNO2S. The smallest absolute Gasteiger partial charge is 0.252 e. The number of thiophene rings is 1. The molecule has 0 fully saturated rings. The molecular weight excluding hydrogens is 337 g/mol. The van der Waals surface area contributed by atoms with E-state index >= 15 is 0 Å². The highest BCUT2D eigenvalue weighted by atomic mass is 32.1. The Hall–Kier alpha value is -2.66. The van der Waals surface area contributed by atoms with Crippen molar-refractivity contribution >= 4 is 17.2 Å². The third-order valence-corrected chi connectivity index (χ3v) is 4.86. The van der Waals surface area contributed by atoms with Crippen molar-refractivity contribution in [2.45, 2.75) is 13.0 Å². The second kappa shape index (κ2) is 7.49. The second-order valence-electron chi connectivity index (χ2n) is 5.68. The average molecular weight is 355 g/mol. The van der Waals surface area contributed by atoms with Crippen LogP contribution in [0.3, 0.4) is 0 Å². The number of ether oxygens (including phenoxy) is 1. The highest BCUT2D eigenvalue weighted by Crippen LogP contribution is 2.27. The first-order valence-electron chi connectivity index (χ1n) is 7.83. The third kappa shape index (κ3) is 3.88. The molecule has 0 bridgehead atoms. The van der Waals surface area contributed by atoms with E-state index in [1.165, 1.54) is 19.2 Å². The molecule has 2 aromatic carbocycles. The van der Waals surface area contributed by atoms with Gasteiger partial charge in [0.1, 0.15) is 0 Å². The lowest BCUT2D eigenvalue weighted by molar-refractivity contribution is 0.0943. The number of hydrogen-bond acceptors (Lipinski definition) is 3. The Morgan fingerprint density at radius 3 is 2.52 bits per heavy atom. The number of aryl methyl sites for hydroxylation is 1. The summed E-state index contributed by atoms with van der Waals surface area (Å²) < 4.78 is 18.8. The maximum absolute atomic E-state index is 13.9. The van der Waals surface area contributed by atoms with E-state index in [1.807, 2.05) is 48.7 Å². The largest absolute Gasteiger partial charge is 0.494 e. The van der Waals surface area contributed by atoms with E-state index in [0.717, 1.165) is 16.0 Å². The number of nitrogens with one attached hydrogen (secondary N) is 1. The Kier molecular flexibility index (Phi) is 5.14. The van der Waals surface area contributed by atoms with Crippen molar-refractivity contribution in [2.75, 3.05) is 7.11 Å². The Balaban J connectivity index is 1.89. The van der Waals surface area contributed by atoms with Gasteiger partial charge in [-0.3, -0.25) is 4.79 Å². The van der Waals surface area contributed by atoms with Gasteiger partial charge in [-0.2, -0.15) is 0 Å². The summed E-state index contributed by atoms with van der Waals surface area (Å²) in [6.07, 6.45) is 0. The number of methoxy groups -OCH3 is 1. The van der Waals surface area contributed by atoms with Crippen LogP contribution >= 0.6 is 11.3 Å². The van der Waals surface area contributed by atoms with Crippen LogP contribution in [-0.4, -0.2) is 13.0 Å². The molecule has 3 aromatic rings. The SMILES string of the molecule is COc1ccc(C(=O)NC(c2ccc(C)cc2)c2cccs2)cc1F. The minimum Gasteiger partial charge on any atom is -0.494 e. The molecule has 0 spiro atoms. The molecule has 128 valence electrons. The normalized spacial score (nSPS) is 11.8. The van der Waals surface area contributed by atoms with E-state index < -0.39 is 5.82 Å². The summed E-state index contributed by atoms with van der Waals surface area (Å²) >= 11 is 1.57. The molecule has 1 unspecified atom stereocenters. The minimum atomic E-state index is -0.557. The van der Waals surface area contributed by atoms with Crippen LogP contribution in [0.4, 0.5) is 4.39 Å². The van der Waals surface area contributed by atoms with Crippen molar-refractivity contribution in [2.24, 2.45) is 0 Å². The summed E-state index contributed by atoms with van der Waals surface area (Å²) in [5, 5.41) is 4.97. The van der Waals surface area contributed by atoms with Gasteiger partial charge in [-0.25, -0.2) is 4.39 Å². The van der Waals surface area contributed by atoms with Crippen molar-refractivity contribution < 1.29 is 13.9 Å². The van der Waals surface area contributed by atoms with Gasteiger partial charge in [-0.1, -0.05) is 35.9 Å². The number of carbonyl (C=O) groups is 1. The first-order chi connectivity index (χ1) is 12.1. The third-order valence-electron chi connectivity index (χ3n) is 3.93. The van der Waals surface area contributed by atoms with Crippen molar-refractivity contribution in [3.63, 3.8) is 0 Å². The number of benzene rings is 2. The van der Waals surface area contributed by atoms with Gasteiger partial charge in [0, 0.05) is 10.4 Å². The summed E-state index contributed by atoms with van der Waals surface area (Å²) in [6.45, 7) is 2.02. The van der Waals surface area contributed by atoms with Crippen LogP contribution in [0.2, 0.25) is 0 Å². The van der Waals surface area contributed by atoms with E-state index in [1.54, 1.807) is 17.4 Å². The molecule has 0 radical (unpaired) electrons. The number of carbonyl (C=O) groups excluding carboxylic acids is 1. The molecule has 1 N–H and O–H groups in total. The fourth-order valence-electron chi connectivity index (χ4n) is 2.56. The molecule has 0 aliphatic rings. The van der Waals surface area contributed by atoms with Crippen LogP contribution < -0.4 is 10.1 Å². The van der Waals surface area contributed by atoms with Gasteiger partial charge < -0.3 is 10.1 Å². The first kappa shape index (κ1) is 17.2. The summed E-state index contributed by atoms with van der Waals surface area (Å²) in [5.41, 5.74) is 2.39. The number of rotatable bonds is 5. The monoisotopic (exact) mass is 355 g/mol. The second-order valence-corrected chi connectivity index (χ2v) is 6.66. The average Bonchev–Trinajstić information content (AvgIpc) is 3.14. The van der Waals surface area contributed by atoms with Gasteiger partial charge in [-0.15, -0.1) is 11.3 Å². The number of amides is 1. The lowest BCUT2D eigenvalue weighted by Crippen LogP contribution is -2.28. The fraction of sp³-hybridized carbons (Fsp3) is 0.150. The van der Waals surface area contributed by atoms with Crippen molar-refractivity contribution in [1.29, 1.82) is 0 Å². The van der Waals surface area contributed by atoms with Crippen LogP contribution in [0, 0.1) is 12.7 Å². The van der Waals surface area contributed by atoms with Crippen LogP contribution in [0.1, 0.15) is 32.4 Å². The highest BCUT2D eigenvalue weighted by Gasteiger charge is 2.19. The maximum Gasteiger partial charge on any atom is 0.252 e. The lowest BCUT2D eigenvalue weighted by Gasteiger charge is -2.18. The molecule has 0 saturated carbocycles. The van der Waals surface area contributed by atoms with Gasteiger partial charge in [0.2, 0.25) is 0 Å². The van der Waals surface area contributed by atoms with Crippen LogP contribution in [0.25, 0.3) is 0 Å². The molecule has 1 aromatic heterocycles. The molecule has 3 nitrogen and oxygen atoms in total. The summed E-state index contributed by atoms with van der Waals surface area (Å²) in [4.78, 5) is 13.6. The predicted octanol–water partition coefficient (Wildman–Crippen LogP) is 4.72. The number of hydrogen-bond donors (Lipinski definition) is 1. The summed E-state index contributed by atoms with van der Waals surface area (Å²) in [7, 11) is 1.39. The Labute approximate surface area is 150 Å². The van der Waals surface area contributed by atoms with Gasteiger partial charge >= 0.3 is 0 Å². The van der Waals surface area contributed by atoms with Crippen LogP contribution in [-0.2, 0) is 0 Å². The van der Waals surface area contributed by atoms with E-state index in [4.69, 9.17) is 4.74 Å². The molecule has 5 heteroatoms.